The number of likely N-dealkylation sites (N-methyl/N-ethyl adjacent to an activating group) is 1. The van der Waals surface area contributed by atoms with Crippen LogP contribution in [0.5, 0.6) is 11.5 Å². The number of likely N-dealkylation sites (tertiary alicyclic amines) is 1. The van der Waals surface area contributed by atoms with E-state index in [0.717, 1.165) is 25.4 Å². The van der Waals surface area contributed by atoms with Gasteiger partial charge in [0.15, 0.2) is 0 Å². The molecular formula is C17H26ClN3O3. The van der Waals surface area contributed by atoms with Gasteiger partial charge in [0, 0.05) is 19.7 Å². The number of hydrogen-bond donors (Lipinski definition) is 1. The lowest BCUT2D eigenvalue weighted by Gasteiger charge is -2.26. The maximum Gasteiger partial charge on any atom is 0.247 e. The van der Waals surface area contributed by atoms with Gasteiger partial charge in [0.2, 0.25) is 5.91 Å². The van der Waals surface area contributed by atoms with Crippen LogP contribution in [0.15, 0.2) is 18.2 Å². The van der Waals surface area contributed by atoms with E-state index in [0.29, 0.717) is 18.0 Å². The molecule has 2 aliphatic heterocycles. The van der Waals surface area contributed by atoms with Crippen molar-refractivity contribution in [1.29, 1.82) is 0 Å². The van der Waals surface area contributed by atoms with Crippen molar-refractivity contribution in [1.82, 2.24) is 4.90 Å². The summed E-state index contributed by atoms with van der Waals surface area (Å²) in [6.45, 7) is 4.11. The SMILES string of the molecule is CN1C(=O)[C@@H](N)COc2ccc(OCCN3CCCCC3)cc21.Cl. The molecule has 0 unspecified atom stereocenters. The molecule has 2 heterocycles. The first kappa shape index (κ1) is 18.8. The molecule has 0 bridgehead atoms. The Bertz CT molecular complexity index is 564. The Morgan fingerprint density at radius 3 is 2.79 bits per heavy atom. The molecule has 134 valence electrons. The van der Waals surface area contributed by atoms with Crippen LogP contribution >= 0.6 is 12.4 Å². The molecule has 3 rings (SSSR count). The minimum atomic E-state index is -0.629. The number of anilines is 1. The first-order chi connectivity index (χ1) is 11.1. The fraction of sp³-hybridized carbons (Fsp3) is 0.588. The highest BCUT2D eigenvalue weighted by Crippen LogP contribution is 2.33. The Morgan fingerprint density at radius 2 is 2.04 bits per heavy atom. The molecule has 2 aliphatic rings. The average molecular weight is 356 g/mol. The molecule has 0 aliphatic carbocycles. The Hall–Kier alpha value is -1.50. The number of carbonyl (C=O) groups excluding carboxylic acids is 1. The average Bonchev–Trinajstić information content (AvgIpc) is 2.69. The van der Waals surface area contributed by atoms with Crippen molar-refractivity contribution in [2.24, 2.45) is 5.73 Å². The summed E-state index contributed by atoms with van der Waals surface area (Å²) < 4.78 is 11.5. The molecule has 6 nitrogen and oxygen atoms in total. The lowest BCUT2D eigenvalue weighted by molar-refractivity contribution is -0.119. The predicted molar refractivity (Wildman–Crippen MR) is 96.4 cm³/mol. The van der Waals surface area contributed by atoms with Gasteiger partial charge in [-0.05, 0) is 38.1 Å². The van der Waals surface area contributed by atoms with Gasteiger partial charge >= 0.3 is 0 Å². The monoisotopic (exact) mass is 355 g/mol. The summed E-state index contributed by atoms with van der Waals surface area (Å²) in [5.41, 5.74) is 6.50. The Labute approximate surface area is 149 Å². The fourth-order valence-electron chi connectivity index (χ4n) is 3.07. The molecule has 1 aromatic rings. The van der Waals surface area contributed by atoms with Gasteiger partial charge in [0.25, 0.3) is 0 Å². The second-order valence-electron chi connectivity index (χ2n) is 6.20. The zero-order valence-corrected chi connectivity index (χ0v) is 14.9. The molecular weight excluding hydrogens is 330 g/mol. The van der Waals surface area contributed by atoms with E-state index in [1.54, 1.807) is 11.9 Å². The van der Waals surface area contributed by atoms with Crippen LogP contribution in [0.25, 0.3) is 0 Å². The molecule has 1 aromatic carbocycles. The number of carbonyl (C=O) groups is 1. The van der Waals surface area contributed by atoms with E-state index in [1.807, 2.05) is 18.2 Å². The van der Waals surface area contributed by atoms with Crippen LogP contribution in [0.4, 0.5) is 5.69 Å². The van der Waals surface area contributed by atoms with Gasteiger partial charge in [0.1, 0.15) is 30.8 Å². The van der Waals surface area contributed by atoms with Gasteiger partial charge in [-0.15, -0.1) is 12.4 Å². The number of amides is 1. The standard InChI is InChI=1S/C17H25N3O3.ClH/c1-19-15-11-13(22-10-9-20-7-3-2-4-8-20)5-6-16(15)23-12-14(18)17(19)21;/h5-6,11,14H,2-4,7-10,12,18H2,1H3;1H/t14-;/m0./s1. The molecule has 1 saturated heterocycles. The zero-order valence-electron chi connectivity index (χ0n) is 14.1. The number of rotatable bonds is 4. The second kappa shape index (κ2) is 8.55. The molecule has 0 aromatic heterocycles. The van der Waals surface area contributed by atoms with Crippen molar-refractivity contribution in [2.75, 3.05) is 44.8 Å². The second-order valence-corrected chi connectivity index (χ2v) is 6.20. The number of benzene rings is 1. The number of ether oxygens (including phenoxy) is 2. The van der Waals surface area contributed by atoms with Crippen molar-refractivity contribution in [2.45, 2.75) is 25.3 Å². The quantitative estimate of drug-likeness (QED) is 0.889. The molecule has 0 radical (unpaired) electrons. The van der Waals surface area contributed by atoms with E-state index in [9.17, 15) is 4.79 Å². The minimum absolute atomic E-state index is 0. The summed E-state index contributed by atoms with van der Waals surface area (Å²) in [4.78, 5) is 16.1. The van der Waals surface area contributed by atoms with Gasteiger partial charge in [-0.25, -0.2) is 0 Å². The van der Waals surface area contributed by atoms with Crippen molar-refractivity contribution in [3.05, 3.63) is 18.2 Å². The number of fused-ring (bicyclic) bond motifs is 1. The van der Waals surface area contributed by atoms with Crippen molar-refractivity contribution in [3.8, 4) is 11.5 Å². The Balaban J connectivity index is 0.00000208. The van der Waals surface area contributed by atoms with E-state index in [-0.39, 0.29) is 24.9 Å². The van der Waals surface area contributed by atoms with E-state index in [1.165, 1.54) is 19.3 Å². The third-order valence-corrected chi connectivity index (χ3v) is 4.48. The van der Waals surface area contributed by atoms with Gasteiger partial charge in [-0.2, -0.15) is 0 Å². The van der Waals surface area contributed by atoms with Crippen LogP contribution in [0.1, 0.15) is 19.3 Å². The number of halogens is 1. The zero-order chi connectivity index (χ0) is 16.2. The lowest BCUT2D eigenvalue weighted by atomic mass is 10.1. The van der Waals surface area contributed by atoms with Crippen LogP contribution in [-0.2, 0) is 4.79 Å². The smallest absolute Gasteiger partial charge is 0.247 e. The highest BCUT2D eigenvalue weighted by atomic mass is 35.5. The number of nitrogens with two attached hydrogens (primary N) is 1. The van der Waals surface area contributed by atoms with Gasteiger partial charge in [-0.1, -0.05) is 6.42 Å². The largest absolute Gasteiger partial charge is 0.492 e. The van der Waals surface area contributed by atoms with E-state index < -0.39 is 6.04 Å². The van der Waals surface area contributed by atoms with E-state index in [2.05, 4.69) is 4.90 Å². The van der Waals surface area contributed by atoms with E-state index in [4.69, 9.17) is 15.2 Å². The topological polar surface area (TPSA) is 68.0 Å². The van der Waals surface area contributed by atoms with Crippen molar-refractivity contribution in [3.63, 3.8) is 0 Å². The van der Waals surface area contributed by atoms with E-state index >= 15 is 0 Å². The fourth-order valence-corrected chi connectivity index (χ4v) is 3.07. The highest BCUT2D eigenvalue weighted by molar-refractivity contribution is 5.98. The Morgan fingerprint density at radius 1 is 1.29 bits per heavy atom. The molecule has 7 heteroatoms. The molecule has 2 N–H and O–H groups in total. The third kappa shape index (κ3) is 4.32. The summed E-state index contributed by atoms with van der Waals surface area (Å²) in [7, 11) is 1.72. The Kier molecular flexibility index (Phi) is 6.71. The lowest BCUT2D eigenvalue weighted by Crippen LogP contribution is -2.43. The predicted octanol–water partition coefficient (Wildman–Crippen LogP) is 1.66. The van der Waals surface area contributed by atoms with Crippen LogP contribution in [0.2, 0.25) is 0 Å². The number of nitrogens with zero attached hydrogens (tertiary/aromatic N) is 2. The van der Waals surface area contributed by atoms with Gasteiger partial charge in [-0.3, -0.25) is 9.69 Å². The maximum atomic E-state index is 12.1. The summed E-state index contributed by atoms with van der Waals surface area (Å²) in [6, 6.07) is 4.94. The molecule has 1 atom stereocenters. The van der Waals surface area contributed by atoms with Crippen LogP contribution in [0.3, 0.4) is 0 Å². The maximum absolute atomic E-state index is 12.1. The summed E-state index contributed by atoms with van der Waals surface area (Å²) >= 11 is 0. The minimum Gasteiger partial charge on any atom is -0.492 e. The molecule has 1 fully saturated rings. The highest BCUT2D eigenvalue weighted by Gasteiger charge is 2.26. The van der Waals surface area contributed by atoms with Gasteiger partial charge < -0.3 is 20.1 Å². The number of piperidine rings is 1. The van der Waals surface area contributed by atoms with Crippen molar-refractivity contribution >= 4 is 24.0 Å². The first-order valence-corrected chi connectivity index (χ1v) is 8.30. The normalized spacial score (nSPS) is 21.3. The molecule has 1 amide bonds. The summed E-state index contributed by atoms with van der Waals surface area (Å²) in [5, 5.41) is 0. The molecule has 0 spiro atoms. The van der Waals surface area contributed by atoms with Crippen LogP contribution in [0, 0.1) is 0 Å². The van der Waals surface area contributed by atoms with Crippen LogP contribution in [-0.4, -0.2) is 56.7 Å². The van der Waals surface area contributed by atoms with Crippen LogP contribution < -0.4 is 20.1 Å². The summed E-state index contributed by atoms with van der Waals surface area (Å²) in [6.07, 6.45) is 3.90. The molecule has 24 heavy (non-hydrogen) atoms. The first-order valence-electron chi connectivity index (χ1n) is 8.30. The summed E-state index contributed by atoms with van der Waals surface area (Å²) in [5.74, 6) is 1.27. The number of hydrogen-bond acceptors (Lipinski definition) is 5. The molecule has 0 saturated carbocycles. The van der Waals surface area contributed by atoms with Gasteiger partial charge in [0.05, 0.1) is 5.69 Å². The third-order valence-electron chi connectivity index (χ3n) is 4.48. The van der Waals surface area contributed by atoms with Crippen molar-refractivity contribution < 1.29 is 14.3 Å².